The number of fused-ring (bicyclic) bond motifs is 1. The molecule has 0 unspecified atom stereocenters. The average Bonchev–Trinajstić information content (AvgIpc) is 2.82. The molecule has 0 spiro atoms. The monoisotopic (exact) mass is 300 g/mol. The first-order valence-corrected chi connectivity index (χ1v) is 7.17. The van der Waals surface area contributed by atoms with Gasteiger partial charge in [0.05, 0.1) is 12.1 Å². The van der Waals surface area contributed by atoms with Crippen LogP contribution in [0.2, 0.25) is 5.02 Å². The van der Waals surface area contributed by atoms with E-state index in [9.17, 15) is 0 Å². The zero-order valence-electron chi connectivity index (χ0n) is 12.1. The molecule has 0 bridgehead atoms. The van der Waals surface area contributed by atoms with E-state index in [1.165, 1.54) is 16.5 Å². The molecule has 0 atom stereocenters. The fourth-order valence-corrected chi connectivity index (χ4v) is 2.80. The van der Waals surface area contributed by atoms with Crippen molar-refractivity contribution in [2.75, 3.05) is 12.4 Å². The topological polar surface area (TPSA) is 26.2 Å². The number of nitrogens with zero attached hydrogens (tertiary/aromatic N) is 1. The van der Waals surface area contributed by atoms with Crippen molar-refractivity contribution < 1.29 is 4.74 Å². The third-order valence-electron chi connectivity index (χ3n) is 3.61. The number of para-hydroxylation sites is 1. The number of ether oxygens (including phenoxy) is 1. The highest BCUT2D eigenvalue weighted by atomic mass is 35.5. The first-order valence-electron chi connectivity index (χ1n) is 6.79. The van der Waals surface area contributed by atoms with E-state index in [1.54, 1.807) is 7.11 Å². The first-order chi connectivity index (χ1) is 10.2. The summed E-state index contributed by atoms with van der Waals surface area (Å²) >= 11 is 6.14. The fraction of sp³-hybridized carbons (Fsp3) is 0.176. The van der Waals surface area contributed by atoms with Crippen molar-refractivity contribution in [2.45, 2.75) is 6.54 Å². The number of hydrogen-bond donors (Lipinski definition) is 1. The van der Waals surface area contributed by atoms with Gasteiger partial charge in [0.25, 0.3) is 0 Å². The molecule has 0 saturated carbocycles. The Kier molecular flexibility index (Phi) is 3.76. The van der Waals surface area contributed by atoms with Crippen molar-refractivity contribution >= 4 is 28.2 Å². The highest BCUT2D eigenvalue weighted by Crippen LogP contribution is 2.28. The largest absolute Gasteiger partial charge is 0.495 e. The van der Waals surface area contributed by atoms with Crippen molar-refractivity contribution in [3.63, 3.8) is 0 Å². The number of methoxy groups -OCH3 is 1. The summed E-state index contributed by atoms with van der Waals surface area (Å²) in [7, 11) is 3.68. The molecule has 0 aliphatic heterocycles. The summed E-state index contributed by atoms with van der Waals surface area (Å²) in [6.07, 6.45) is 2.16. The number of anilines is 1. The third-order valence-corrected chi connectivity index (χ3v) is 3.91. The second kappa shape index (κ2) is 5.70. The maximum Gasteiger partial charge on any atom is 0.137 e. The number of nitrogens with one attached hydrogen (secondary N) is 1. The predicted octanol–water partition coefficient (Wildman–Crippen LogP) is 4.45. The SMILES string of the molecule is COc1ccc(NCc2cn(C)c3ccccc23)cc1Cl. The van der Waals surface area contributed by atoms with Gasteiger partial charge in [-0.25, -0.2) is 0 Å². The quantitative estimate of drug-likeness (QED) is 0.770. The van der Waals surface area contributed by atoms with Crippen LogP contribution in [0, 0.1) is 0 Å². The fourth-order valence-electron chi connectivity index (χ4n) is 2.54. The van der Waals surface area contributed by atoms with Crippen molar-refractivity contribution in [3.8, 4) is 5.75 Å². The second-order valence-corrected chi connectivity index (χ2v) is 5.39. The lowest BCUT2D eigenvalue weighted by Crippen LogP contribution is -1.99. The van der Waals surface area contributed by atoms with Gasteiger partial charge in [-0.15, -0.1) is 0 Å². The van der Waals surface area contributed by atoms with E-state index in [1.807, 2.05) is 18.2 Å². The second-order valence-electron chi connectivity index (χ2n) is 4.99. The number of halogens is 1. The molecule has 0 amide bonds. The first kappa shape index (κ1) is 13.8. The number of hydrogen-bond acceptors (Lipinski definition) is 2. The molecule has 3 nitrogen and oxygen atoms in total. The molecule has 2 aromatic carbocycles. The zero-order chi connectivity index (χ0) is 14.8. The van der Waals surface area contributed by atoms with Crippen LogP contribution in [0.25, 0.3) is 10.9 Å². The summed E-state index contributed by atoms with van der Waals surface area (Å²) in [5.41, 5.74) is 3.48. The molecule has 0 aliphatic carbocycles. The minimum Gasteiger partial charge on any atom is -0.495 e. The summed E-state index contributed by atoms with van der Waals surface area (Å²) in [6.45, 7) is 0.754. The van der Waals surface area contributed by atoms with Gasteiger partial charge >= 0.3 is 0 Å². The molecule has 0 fully saturated rings. The van der Waals surface area contributed by atoms with E-state index in [0.717, 1.165) is 12.2 Å². The predicted molar refractivity (Wildman–Crippen MR) is 88.2 cm³/mol. The van der Waals surface area contributed by atoms with Gasteiger partial charge in [0.15, 0.2) is 0 Å². The van der Waals surface area contributed by atoms with Crippen molar-refractivity contribution in [2.24, 2.45) is 7.05 Å². The van der Waals surface area contributed by atoms with Crippen LogP contribution in [-0.4, -0.2) is 11.7 Å². The molecule has 1 aromatic heterocycles. The highest BCUT2D eigenvalue weighted by Gasteiger charge is 2.06. The molecule has 0 aliphatic rings. The Morgan fingerprint density at radius 1 is 1.19 bits per heavy atom. The molecule has 108 valence electrons. The van der Waals surface area contributed by atoms with Gasteiger partial charge in [-0.3, -0.25) is 0 Å². The Morgan fingerprint density at radius 2 is 2.00 bits per heavy atom. The van der Waals surface area contributed by atoms with Gasteiger partial charge in [0, 0.05) is 36.4 Å². The van der Waals surface area contributed by atoms with Crippen LogP contribution in [0.15, 0.2) is 48.7 Å². The van der Waals surface area contributed by atoms with Crippen LogP contribution in [0.1, 0.15) is 5.56 Å². The minimum absolute atomic E-state index is 0.611. The molecule has 3 rings (SSSR count). The van der Waals surface area contributed by atoms with E-state index < -0.39 is 0 Å². The van der Waals surface area contributed by atoms with Gasteiger partial charge < -0.3 is 14.6 Å². The van der Waals surface area contributed by atoms with Crippen LogP contribution in [0.4, 0.5) is 5.69 Å². The highest BCUT2D eigenvalue weighted by molar-refractivity contribution is 6.32. The van der Waals surface area contributed by atoms with Crippen LogP contribution in [0.3, 0.4) is 0 Å². The Balaban J connectivity index is 1.82. The summed E-state index contributed by atoms with van der Waals surface area (Å²) in [6, 6.07) is 14.1. The standard InChI is InChI=1S/C17H17ClN2O/c1-20-11-12(14-5-3-4-6-16(14)20)10-19-13-7-8-17(21-2)15(18)9-13/h3-9,11,19H,10H2,1-2H3. The molecule has 3 aromatic rings. The van der Waals surface area contributed by atoms with Crippen LogP contribution in [-0.2, 0) is 13.6 Å². The summed E-state index contributed by atoms with van der Waals surface area (Å²) < 4.78 is 7.31. The third kappa shape index (κ3) is 2.69. The smallest absolute Gasteiger partial charge is 0.137 e. The van der Waals surface area contributed by atoms with Gasteiger partial charge in [-0.05, 0) is 29.8 Å². The van der Waals surface area contributed by atoms with E-state index in [0.29, 0.717) is 10.8 Å². The van der Waals surface area contributed by atoms with Gasteiger partial charge in [-0.1, -0.05) is 29.8 Å². The lowest BCUT2D eigenvalue weighted by molar-refractivity contribution is 0.415. The Hall–Kier alpha value is -2.13. The van der Waals surface area contributed by atoms with Crippen LogP contribution >= 0.6 is 11.6 Å². The summed E-state index contributed by atoms with van der Waals surface area (Å²) in [5.74, 6) is 0.687. The summed E-state index contributed by atoms with van der Waals surface area (Å²) in [5, 5.41) is 5.29. The molecule has 21 heavy (non-hydrogen) atoms. The molecule has 1 N–H and O–H groups in total. The van der Waals surface area contributed by atoms with Crippen molar-refractivity contribution in [3.05, 3.63) is 59.2 Å². The lowest BCUT2D eigenvalue weighted by atomic mass is 10.2. The maximum atomic E-state index is 6.14. The number of aromatic nitrogens is 1. The number of benzene rings is 2. The van der Waals surface area contributed by atoms with E-state index >= 15 is 0 Å². The van der Waals surface area contributed by atoms with Gasteiger partial charge in [0.2, 0.25) is 0 Å². The maximum absolute atomic E-state index is 6.14. The Morgan fingerprint density at radius 3 is 2.76 bits per heavy atom. The van der Waals surface area contributed by atoms with Crippen molar-refractivity contribution in [1.82, 2.24) is 4.57 Å². The molecule has 4 heteroatoms. The summed E-state index contributed by atoms with van der Waals surface area (Å²) in [4.78, 5) is 0. The minimum atomic E-state index is 0.611. The molecular weight excluding hydrogens is 284 g/mol. The number of rotatable bonds is 4. The van der Waals surface area contributed by atoms with Crippen LogP contribution in [0.5, 0.6) is 5.75 Å². The average molecular weight is 301 g/mol. The number of aryl methyl sites for hydroxylation is 1. The Bertz CT molecular complexity index is 780. The normalized spacial score (nSPS) is 10.8. The molecular formula is C17H17ClN2O. The van der Waals surface area contributed by atoms with Gasteiger partial charge in [-0.2, -0.15) is 0 Å². The van der Waals surface area contributed by atoms with Gasteiger partial charge in [0.1, 0.15) is 5.75 Å². The van der Waals surface area contributed by atoms with E-state index in [4.69, 9.17) is 16.3 Å². The Labute approximate surface area is 129 Å². The lowest BCUT2D eigenvalue weighted by Gasteiger charge is -2.08. The van der Waals surface area contributed by atoms with E-state index in [-0.39, 0.29) is 0 Å². The zero-order valence-corrected chi connectivity index (χ0v) is 12.8. The van der Waals surface area contributed by atoms with Crippen LogP contribution < -0.4 is 10.1 Å². The van der Waals surface area contributed by atoms with E-state index in [2.05, 4.69) is 47.4 Å². The molecule has 1 heterocycles. The molecule has 0 radical (unpaired) electrons. The molecule has 0 saturated heterocycles. The van der Waals surface area contributed by atoms with Crippen molar-refractivity contribution in [1.29, 1.82) is 0 Å².